The van der Waals surface area contributed by atoms with Gasteiger partial charge < -0.3 is 14.2 Å². The van der Waals surface area contributed by atoms with Crippen molar-refractivity contribution in [1.82, 2.24) is 0 Å². The molecular weight excluding hydrogens is 670 g/mol. The molecule has 0 fully saturated rings. The lowest BCUT2D eigenvalue weighted by Crippen LogP contribution is -2.05. The molecule has 0 amide bonds. The van der Waals surface area contributed by atoms with Crippen LogP contribution in [0.25, 0.3) is 32.7 Å². The molecule has 0 atom stereocenters. The van der Waals surface area contributed by atoms with Crippen molar-refractivity contribution < 1.29 is 27.4 Å². The van der Waals surface area contributed by atoms with Crippen LogP contribution in [0, 0.1) is 35.5 Å². The summed E-state index contributed by atoms with van der Waals surface area (Å²) in [7, 11) is 1.62. The molecule has 254 valence electrons. The molecule has 1 aliphatic heterocycles. The van der Waals surface area contributed by atoms with Gasteiger partial charge in [-0.2, -0.15) is 13.2 Å². The molecule has 0 saturated heterocycles. The summed E-state index contributed by atoms with van der Waals surface area (Å²) in [4.78, 5) is 0. The summed E-state index contributed by atoms with van der Waals surface area (Å²) < 4.78 is 57.9. The minimum atomic E-state index is -4.44. The van der Waals surface area contributed by atoms with Gasteiger partial charge >= 0.3 is 6.18 Å². The fraction of sp³-hybridized carbons (Fsp3) is 0.0638. The zero-order valence-electron chi connectivity index (χ0n) is 28.3. The second-order valence-electron chi connectivity index (χ2n) is 12.2. The number of benzene rings is 7. The number of ether oxygens (including phenoxy) is 3. The van der Waals surface area contributed by atoms with Crippen LogP contribution in [0.4, 0.5) is 13.2 Å². The van der Waals surface area contributed by atoms with Crippen molar-refractivity contribution >= 4 is 21.5 Å². The van der Waals surface area contributed by atoms with Gasteiger partial charge in [-0.25, -0.2) is 0 Å². The highest BCUT2D eigenvalue weighted by Crippen LogP contribution is 2.50. The van der Waals surface area contributed by atoms with E-state index in [4.69, 9.17) is 14.2 Å². The number of hydrogen-bond donors (Lipinski definition) is 0. The van der Waals surface area contributed by atoms with Gasteiger partial charge in [0.25, 0.3) is 0 Å². The highest BCUT2D eigenvalue weighted by molar-refractivity contribution is 6.12. The summed E-state index contributed by atoms with van der Waals surface area (Å²) in [6.07, 6.45) is -4.44. The lowest BCUT2D eigenvalue weighted by atomic mass is 9.88. The van der Waals surface area contributed by atoms with Crippen LogP contribution in [0.5, 0.6) is 17.2 Å². The highest BCUT2D eigenvalue weighted by atomic mass is 19.4. The predicted molar refractivity (Wildman–Crippen MR) is 202 cm³/mol. The average Bonchev–Trinajstić information content (AvgIpc) is 3.39. The van der Waals surface area contributed by atoms with Crippen molar-refractivity contribution in [3.63, 3.8) is 0 Å². The van der Waals surface area contributed by atoms with Gasteiger partial charge in [-0.05, 0) is 106 Å². The Morgan fingerprint density at radius 3 is 1.66 bits per heavy atom. The van der Waals surface area contributed by atoms with Crippen LogP contribution in [0.15, 0.2) is 133 Å². The van der Waals surface area contributed by atoms with E-state index in [2.05, 4.69) is 35.5 Å². The van der Waals surface area contributed by atoms with Crippen LogP contribution in [0.1, 0.15) is 38.9 Å². The minimum absolute atomic E-state index is 0.107. The van der Waals surface area contributed by atoms with Gasteiger partial charge in [-0.15, -0.1) is 0 Å². The molecule has 1 aliphatic rings. The Hall–Kier alpha value is -7.07. The van der Waals surface area contributed by atoms with Crippen LogP contribution in [0.2, 0.25) is 0 Å². The molecule has 1 heterocycles. The monoisotopic (exact) mass is 696 g/mol. The van der Waals surface area contributed by atoms with E-state index in [1.54, 1.807) is 7.11 Å². The molecule has 8 rings (SSSR count). The van der Waals surface area contributed by atoms with E-state index in [1.165, 1.54) is 12.1 Å². The standard InChI is InChI=1S/C47H27F3O3/c1-51-40-24-17-32(18-25-40)11-12-34-19-26-42-38(27-34)29-37(21-14-33-15-22-39(23-16-33)47(48,49)50)46-44(42)43-41-10-6-5-9-35(41)28-36(45(43)52-30-53-46)20-13-31-7-3-2-4-8-31/h2-10,15-19,22-29H,30H2,1H3. The molecule has 6 heteroatoms. The van der Waals surface area contributed by atoms with Crippen LogP contribution < -0.4 is 14.2 Å². The molecule has 7 aromatic rings. The molecule has 7 aromatic carbocycles. The Kier molecular flexibility index (Phi) is 8.69. The number of hydrogen-bond acceptors (Lipinski definition) is 3. The van der Waals surface area contributed by atoms with Gasteiger partial charge in [-0.1, -0.05) is 84.1 Å². The van der Waals surface area contributed by atoms with Gasteiger partial charge in [0.2, 0.25) is 6.79 Å². The maximum absolute atomic E-state index is 13.3. The topological polar surface area (TPSA) is 27.7 Å². The van der Waals surface area contributed by atoms with Crippen LogP contribution in [-0.2, 0) is 6.18 Å². The number of methoxy groups -OCH3 is 1. The molecule has 0 N–H and O–H groups in total. The first-order valence-electron chi connectivity index (χ1n) is 16.7. The normalized spacial score (nSPS) is 11.5. The third-order valence-corrected chi connectivity index (χ3v) is 8.86. The number of fused-ring (bicyclic) bond motifs is 7. The Labute approximate surface area is 304 Å². The number of rotatable bonds is 1. The SMILES string of the molecule is COc1ccc(C#Cc2ccc3c4c(c(C#Cc5ccc(C(F)(F)F)cc5)cc3c2)OCOc2c(C#Cc3ccccc3)cc3ccccc3c2-4)cc1. The molecule has 0 bridgehead atoms. The van der Waals surface area contributed by atoms with Crippen molar-refractivity contribution in [3.05, 3.63) is 172 Å². The third-order valence-electron chi connectivity index (χ3n) is 8.86. The molecule has 0 radical (unpaired) electrons. The average molecular weight is 697 g/mol. The van der Waals surface area contributed by atoms with E-state index in [-0.39, 0.29) is 6.79 Å². The maximum atomic E-state index is 13.3. The van der Waals surface area contributed by atoms with Gasteiger partial charge in [0.05, 0.1) is 23.8 Å². The molecule has 0 aliphatic carbocycles. The fourth-order valence-electron chi connectivity index (χ4n) is 6.29. The number of alkyl halides is 3. The van der Waals surface area contributed by atoms with Gasteiger partial charge in [-0.3, -0.25) is 0 Å². The van der Waals surface area contributed by atoms with Crippen LogP contribution >= 0.6 is 0 Å². The Balaban J connectivity index is 1.35. The second-order valence-corrected chi connectivity index (χ2v) is 12.2. The molecular formula is C47H27F3O3. The van der Waals surface area contributed by atoms with E-state index in [9.17, 15) is 13.2 Å². The summed E-state index contributed by atoms with van der Waals surface area (Å²) in [5, 5.41) is 3.65. The Bertz CT molecular complexity index is 2710. The van der Waals surface area contributed by atoms with Crippen molar-refractivity contribution in [3.8, 4) is 63.9 Å². The lowest BCUT2D eigenvalue weighted by molar-refractivity contribution is -0.137. The summed E-state index contributed by atoms with van der Waals surface area (Å²) >= 11 is 0. The van der Waals surface area contributed by atoms with Gasteiger partial charge in [0, 0.05) is 33.4 Å². The lowest BCUT2D eigenvalue weighted by Gasteiger charge is -2.16. The smallest absolute Gasteiger partial charge is 0.416 e. The molecule has 0 unspecified atom stereocenters. The van der Waals surface area contributed by atoms with Crippen LogP contribution in [0.3, 0.4) is 0 Å². The quantitative estimate of drug-likeness (QED) is 0.160. The fourth-order valence-corrected chi connectivity index (χ4v) is 6.29. The molecule has 0 aromatic heterocycles. The van der Waals surface area contributed by atoms with Crippen molar-refractivity contribution in [2.45, 2.75) is 6.18 Å². The first-order valence-corrected chi connectivity index (χ1v) is 16.7. The molecule has 3 nitrogen and oxygen atoms in total. The first kappa shape index (κ1) is 33.1. The highest BCUT2D eigenvalue weighted by Gasteiger charge is 2.30. The summed E-state index contributed by atoms with van der Waals surface area (Å²) in [5.41, 5.74) is 5.04. The second kappa shape index (κ2) is 13.9. The summed E-state index contributed by atoms with van der Waals surface area (Å²) in [6, 6.07) is 40.1. The first-order chi connectivity index (χ1) is 25.8. The zero-order chi connectivity index (χ0) is 36.4. The van der Waals surface area contributed by atoms with Crippen molar-refractivity contribution in [2.75, 3.05) is 13.9 Å². The van der Waals surface area contributed by atoms with Gasteiger partial charge in [0.1, 0.15) is 17.2 Å². The predicted octanol–water partition coefficient (Wildman–Crippen LogP) is 10.6. The maximum Gasteiger partial charge on any atom is 0.416 e. The van der Waals surface area contributed by atoms with E-state index >= 15 is 0 Å². The molecule has 0 saturated carbocycles. The van der Waals surface area contributed by atoms with E-state index in [0.29, 0.717) is 28.2 Å². The summed E-state index contributed by atoms with van der Waals surface area (Å²) in [6.45, 7) is -0.107. The van der Waals surface area contributed by atoms with E-state index in [0.717, 1.165) is 67.2 Å². The largest absolute Gasteiger partial charge is 0.497 e. The Morgan fingerprint density at radius 2 is 1.02 bits per heavy atom. The van der Waals surface area contributed by atoms with Crippen molar-refractivity contribution in [2.24, 2.45) is 0 Å². The van der Waals surface area contributed by atoms with Crippen LogP contribution in [-0.4, -0.2) is 13.9 Å². The molecule has 53 heavy (non-hydrogen) atoms. The van der Waals surface area contributed by atoms with E-state index in [1.807, 2.05) is 109 Å². The minimum Gasteiger partial charge on any atom is -0.497 e. The zero-order valence-corrected chi connectivity index (χ0v) is 28.3. The summed E-state index contributed by atoms with van der Waals surface area (Å²) in [5.74, 6) is 21.2. The Morgan fingerprint density at radius 1 is 0.509 bits per heavy atom. The molecule has 0 spiro atoms. The van der Waals surface area contributed by atoms with Gasteiger partial charge in [0.15, 0.2) is 0 Å². The number of halogens is 3. The van der Waals surface area contributed by atoms with E-state index < -0.39 is 11.7 Å². The van der Waals surface area contributed by atoms with Crippen molar-refractivity contribution in [1.29, 1.82) is 0 Å². The third kappa shape index (κ3) is 6.85.